The van der Waals surface area contributed by atoms with E-state index in [1.165, 1.54) is 11.8 Å². The van der Waals surface area contributed by atoms with Gasteiger partial charge in [0.25, 0.3) is 0 Å². The molecule has 1 amide bonds. The number of amidine groups is 1. The van der Waals surface area contributed by atoms with E-state index < -0.39 is 17.6 Å². The van der Waals surface area contributed by atoms with Gasteiger partial charge in [-0.3, -0.25) is 4.79 Å². The van der Waals surface area contributed by atoms with Crippen LogP contribution in [0.3, 0.4) is 0 Å². The lowest BCUT2D eigenvalue weighted by atomic mass is 9.89. The maximum atomic E-state index is 13.5. The lowest BCUT2D eigenvalue weighted by Crippen LogP contribution is -2.39. The second-order valence-corrected chi connectivity index (χ2v) is 10.6. The lowest BCUT2D eigenvalue weighted by molar-refractivity contribution is -0.150. The number of carbonyl (C=O) groups excluding carboxylic acids is 2. The summed E-state index contributed by atoms with van der Waals surface area (Å²) in [6.07, 6.45) is 1.73. The van der Waals surface area contributed by atoms with Crippen LogP contribution >= 0.6 is 11.8 Å². The standard InChI is InChI=1S/C27H31N3O4S/c1-16-9-10-17(2)21(12-16)24-23(25(32)34-27(4,5)6)18(3)29-26-30(24)19(15-35-26)13-22(31)28-14-20-8-7-11-33-20/h7-12,15,24H,13-14H2,1-6H3,(H,28,31). The van der Waals surface area contributed by atoms with Crippen molar-refractivity contribution in [3.05, 3.63) is 81.4 Å². The van der Waals surface area contributed by atoms with Crippen LogP contribution in [-0.2, 0) is 20.9 Å². The molecule has 3 heterocycles. The Hall–Kier alpha value is -3.26. The second kappa shape index (κ2) is 9.77. The van der Waals surface area contributed by atoms with Crippen molar-refractivity contribution in [3.63, 3.8) is 0 Å². The lowest BCUT2D eigenvalue weighted by Gasteiger charge is -2.37. The van der Waals surface area contributed by atoms with Crippen LogP contribution in [0.5, 0.6) is 0 Å². The summed E-state index contributed by atoms with van der Waals surface area (Å²) >= 11 is 1.46. The number of carbonyl (C=O) groups is 2. The number of aryl methyl sites for hydroxylation is 2. The molecule has 35 heavy (non-hydrogen) atoms. The molecule has 1 atom stereocenters. The molecule has 0 aliphatic carbocycles. The van der Waals surface area contributed by atoms with Crippen molar-refractivity contribution >= 4 is 28.8 Å². The van der Waals surface area contributed by atoms with Crippen LogP contribution in [0.1, 0.15) is 62.6 Å². The molecule has 0 spiro atoms. The summed E-state index contributed by atoms with van der Waals surface area (Å²) in [4.78, 5) is 33.0. The molecule has 0 bridgehead atoms. The van der Waals surface area contributed by atoms with Crippen LogP contribution in [0, 0.1) is 13.8 Å². The largest absolute Gasteiger partial charge is 0.467 e. The predicted molar refractivity (Wildman–Crippen MR) is 137 cm³/mol. The number of nitrogens with one attached hydrogen (secondary N) is 1. The number of furan rings is 1. The molecule has 2 aliphatic rings. The topological polar surface area (TPSA) is 84.1 Å². The normalized spacial score (nSPS) is 17.7. The Bertz CT molecular complexity index is 1240. The van der Waals surface area contributed by atoms with Gasteiger partial charge in [0.05, 0.1) is 36.5 Å². The van der Waals surface area contributed by atoms with E-state index in [1.54, 1.807) is 12.3 Å². The van der Waals surface area contributed by atoms with Crippen molar-refractivity contribution in [2.75, 3.05) is 0 Å². The second-order valence-electron chi connectivity index (χ2n) is 9.79. The first-order valence-corrected chi connectivity index (χ1v) is 12.5. The van der Waals surface area contributed by atoms with E-state index in [1.807, 2.05) is 57.9 Å². The average Bonchev–Trinajstić information content (AvgIpc) is 3.42. The van der Waals surface area contributed by atoms with Gasteiger partial charge in [0.1, 0.15) is 11.4 Å². The number of esters is 1. The first kappa shape index (κ1) is 24.9. The summed E-state index contributed by atoms with van der Waals surface area (Å²) < 4.78 is 11.1. The summed E-state index contributed by atoms with van der Waals surface area (Å²) in [6.45, 7) is 11.8. The molecule has 0 radical (unpaired) electrons. The van der Waals surface area contributed by atoms with Gasteiger partial charge in [0.15, 0.2) is 5.17 Å². The minimum absolute atomic E-state index is 0.140. The fraction of sp³-hybridized carbons (Fsp3) is 0.370. The van der Waals surface area contributed by atoms with Crippen LogP contribution < -0.4 is 5.32 Å². The maximum absolute atomic E-state index is 13.5. The number of hydrogen-bond acceptors (Lipinski definition) is 7. The van der Waals surface area contributed by atoms with Gasteiger partial charge >= 0.3 is 5.97 Å². The van der Waals surface area contributed by atoms with Crippen LogP contribution in [0.15, 0.2) is 68.4 Å². The molecule has 184 valence electrons. The molecule has 1 aromatic heterocycles. The molecule has 2 aromatic rings. The summed E-state index contributed by atoms with van der Waals surface area (Å²) in [7, 11) is 0. The van der Waals surface area contributed by atoms with E-state index in [-0.39, 0.29) is 12.3 Å². The Balaban J connectivity index is 1.69. The first-order chi connectivity index (χ1) is 16.5. The third-order valence-corrected chi connectivity index (χ3v) is 6.62. The van der Waals surface area contributed by atoms with Gasteiger partial charge in [0, 0.05) is 5.70 Å². The summed E-state index contributed by atoms with van der Waals surface area (Å²) in [5.41, 5.74) is 4.37. The number of ether oxygens (including phenoxy) is 1. The average molecular weight is 494 g/mol. The van der Waals surface area contributed by atoms with Gasteiger partial charge in [-0.1, -0.05) is 35.5 Å². The molecule has 0 saturated carbocycles. The van der Waals surface area contributed by atoms with Crippen LogP contribution in [0.4, 0.5) is 0 Å². The zero-order valence-corrected chi connectivity index (χ0v) is 21.8. The van der Waals surface area contributed by atoms with Gasteiger partial charge in [-0.25, -0.2) is 9.79 Å². The SMILES string of the molecule is CC1=C(C(=O)OC(C)(C)C)C(c2cc(C)ccc2C)N2C(CC(=O)NCc3ccco3)=CSC2=N1. The number of rotatable bonds is 6. The number of benzene rings is 1. The number of aliphatic imine (C=N–C) groups is 1. The van der Waals surface area contributed by atoms with Crippen LogP contribution in [-0.4, -0.2) is 27.5 Å². The Morgan fingerprint density at radius 1 is 1.20 bits per heavy atom. The number of hydrogen-bond donors (Lipinski definition) is 1. The molecule has 7 nitrogen and oxygen atoms in total. The predicted octanol–water partition coefficient (Wildman–Crippen LogP) is 5.52. The van der Waals surface area contributed by atoms with Crippen LogP contribution in [0.2, 0.25) is 0 Å². The summed E-state index contributed by atoms with van der Waals surface area (Å²) in [5.74, 6) is 0.147. The van der Waals surface area contributed by atoms with Crippen molar-refractivity contribution in [3.8, 4) is 0 Å². The van der Waals surface area contributed by atoms with E-state index in [0.717, 1.165) is 27.6 Å². The van der Waals surface area contributed by atoms with E-state index in [9.17, 15) is 9.59 Å². The molecular weight excluding hydrogens is 462 g/mol. The van der Waals surface area contributed by atoms with E-state index in [2.05, 4.69) is 23.5 Å². The van der Waals surface area contributed by atoms with Crippen molar-refractivity contribution < 1.29 is 18.7 Å². The quantitative estimate of drug-likeness (QED) is 0.534. The molecule has 0 fully saturated rings. The zero-order chi connectivity index (χ0) is 25.3. The Labute approximate surface area is 210 Å². The minimum atomic E-state index is -0.648. The Morgan fingerprint density at radius 2 is 1.97 bits per heavy atom. The van der Waals surface area contributed by atoms with Crippen molar-refractivity contribution in [1.82, 2.24) is 10.2 Å². The van der Waals surface area contributed by atoms with Crippen molar-refractivity contribution in [2.24, 2.45) is 4.99 Å². The van der Waals surface area contributed by atoms with Gasteiger partial charge < -0.3 is 19.4 Å². The highest BCUT2D eigenvalue weighted by Crippen LogP contribution is 2.46. The molecule has 0 saturated heterocycles. The molecule has 1 N–H and O–H groups in total. The third-order valence-electron chi connectivity index (χ3n) is 5.73. The molecule has 8 heteroatoms. The Morgan fingerprint density at radius 3 is 2.66 bits per heavy atom. The Kier molecular flexibility index (Phi) is 6.94. The summed E-state index contributed by atoms with van der Waals surface area (Å²) in [6, 6.07) is 9.36. The van der Waals surface area contributed by atoms with Crippen molar-refractivity contribution in [2.45, 2.75) is 66.2 Å². The number of amides is 1. The highest BCUT2D eigenvalue weighted by atomic mass is 32.2. The monoisotopic (exact) mass is 493 g/mol. The van der Waals surface area contributed by atoms with Crippen LogP contribution in [0.25, 0.3) is 0 Å². The maximum Gasteiger partial charge on any atom is 0.338 e. The fourth-order valence-electron chi connectivity index (χ4n) is 4.14. The van der Waals surface area contributed by atoms with Gasteiger partial charge in [-0.2, -0.15) is 0 Å². The smallest absolute Gasteiger partial charge is 0.338 e. The molecule has 1 aromatic carbocycles. The molecule has 2 aliphatic heterocycles. The first-order valence-electron chi connectivity index (χ1n) is 11.6. The van der Waals surface area contributed by atoms with E-state index in [4.69, 9.17) is 14.1 Å². The minimum Gasteiger partial charge on any atom is -0.467 e. The number of nitrogens with zero attached hydrogens (tertiary/aromatic N) is 2. The third kappa shape index (κ3) is 5.53. The van der Waals surface area contributed by atoms with Crippen molar-refractivity contribution in [1.29, 1.82) is 0 Å². The van der Waals surface area contributed by atoms with Gasteiger partial charge in [-0.15, -0.1) is 0 Å². The van der Waals surface area contributed by atoms with E-state index in [0.29, 0.717) is 23.6 Å². The van der Waals surface area contributed by atoms with E-state index >= 15 is 0 Å². The molecule has 4 rings (SSSR count). The fourth-order valence-corrected chi connectivity index (χ4v) is 5.10. The molecular formula is C27H31N3O4S. The summed E-state index contributed by atoms with van der Waals surface area (Å²) in [5, 5.41) is 5.59. The number of fused-ring (bicyclic) bond motifs is 1. The van der Waals surface area contributed by atoms with Gasteiger partial charge in [-0.05, 0) is 70.2 Å². The number of thioether (sulfide) groups is 1. The highest BCUT2D eigenvalue weighted by Gasteiger charge is 2.42. The highest BCUT2D eigenvalue weighted by molar-refractivity contribution is 8.16. The number of allylic oxidation sites excluding steroid dienone is 1. The zero-order valence-electron chi connectivity index (χ0n) is 21.0. The van der Waals surface area contributed by atoms with Gasteiger partial charge in [0.2, 0.25) is 5.91 Å². The molecule has 1 unspecified atom stereocenters.